The molecule has 6 nitrogen and oxygen atoms in total. The van der Waals surface area contributed by atoms with Gasteiger partial charge >= 0.3 is 0 Å². The number of thiophene rings is 1. The number of carbonyl (C=O) groups excluding carboxylic acids is 1. The SMILES string of the molecule is Cc1nnc(C2CN(C(=O)c3ccc(Cl)s3)CCO2)o1. The Bertz CT molecular complexity index is 627. The van der Waals surface area contributed by atoms with Crippen LogP contribution in [0.4, 0.5) is 0 Å². The summed E-state index contributed by atoms with van der Waals surface area (Å²) in [7, 11) is 0. The van der Waals surface area contributed by atoms with Gasteiger partial charge in [-0.25, -0.2) is 0 Å². The zero-order chi connectivity index (χ0) is 14.1. The lowest BCUT2D eigenvalue weighted by atomic mass is 10.2. The fourth-order valence-corrected chi connectivity index (χ4v) is 3.02. The first-order valence-corrected chi connectivity index (χ1v) is 7.29. The molecule has 1 saturated heterocycles. The third kappa shape index (κ3) is 2.70. The Kier molecular flexibility index (Phi) is 3.73. The van der Waals surface area contributed by atoms with Crippen molar-refractivity contribution in [1.82, 2.24) is 15.1 Å². The summed E-state index contributed by atoms with van der Waals surface area (Å²) in [6.45, 7) is 3.10. The minimum Gasteiger partial charge on any atom is -0.423 e. The Morgan fingerprint density at radius 1 is 1.50 bits per heavy atom. The summed E-state index contributed by atoms with van der Waals surface area (Å²) in [5.74, 6) is 0.840. The van der Waals surface area contributed by atoms with E-state index in [-0.39, 0.29) is 12.0 Å². The summed E-state index contributed by atoms with van der Waals surface area (Å²) in [5.41, 5.74) is 0. The molecule has 0 radical (unpaired) electrons. The van der Waals surface area contributed by atoms with Crippen LogP contribution in [0, 0.1) is 6.92 Å². The standard InChI is InChI=1S/C12H12ClN3O3S/c1-7-14-15-11(19-7)8-6-16(4-5-18-8)12(17)9-2-3-10(13)20-9/h2-3,8H,4-6H2,1H3. The maximum absolute atomic E-state index is 12.4. The molecule has 0 aromatic carbocycles. The third-order valence-corrected chi connectivity index (χ3v) is 4.17. The average Bonchev–Trinajstić information content (AvgIpc) is 3.07. The van der Waals surface area contributed by atoms with E-state index in [1.165, 1.54) is 11.3 Å². The molecule has 106 valence electrons. The van der Waals surface area contributed by atoms with Gasteiger partial charge in [-0.2, -0.15) is 0 Å². The van der Waals surface area contributed by atoms with Gasteiger partial charge in [0.05, 0.1) is 22.4 Å². The highest BCUT2D eigenvalue weighted by atomic mass is 35.5. The Hall–Kier alpha value is -1.44. The van der Waals surface area contributed by atoms with Crippen molar-refractivity contribution in [2.24, 2.45) is 0 Å². The summed E-state index contributed by atoms with van der Waals surface area (Å²) >= 11 is 7.13. The third-order valence-electron chi connectivity index (χ3n) is 2.95. The number of rotatable bonds is 2. The predicted octanol–water partition coefficient (Wildman–Crippen LogP) is 2.31. The normalized spacial score (nSPS) is 19.3. The Balaban J connectivity index is 1.73. The molecule has 0 N–H and O–H groups in total. The van der Waals surface area contributed by atoms with Gasteiger partial charge in [0.25, 0.3) is 5.91 Å². The predicted molar refractivity (Wildman–Crippen MR) is 73.0 cm³/mol. The van der Waals surface area contributed by atoms with Crippen molar-refractivity contribution in [3.05, 3.63) is 33.1 Å². The monoisotopic (exact) mass is 313 g/mol. The first-order chi connectivity index (χ1) is 9.63. The van der Waals surface area contributed by atoms with E-state index >= 15 is 0 Å². The van der Waals surface area contributed by atoms with Gasteiger partial charge in [0.2, 0.25) is 11.8 Å². The molecule has 0 bridgehead atoms. The Morgan fingerprint density at radius 3 is 3.00 bits per heavy atom. The maximum atomic E-state index is 12.4. The van der Waals surface area contributed by atoms with Crippen LogP contribution in [-0.2, 0) is 4.74 Å². The van der Waals surface area contributed by atoms with E-state index in [2.05, 4.69) is 10.2 Å². The molecular formula is C12H12ClN3O3S. The van der Waals surface area contributed by atoms with E-state index in [0.29, 0.717) is 40.7 Å². The Morgan fingerprint density at radius 2 is 2.35 bits per heavy atom. The number of ether oxygens (including phenoxy) is 1. The van der Waals surface area contributed by atoms with Gasteiger partial charge in [-0.3, -0.25) is 4.79 Å². The second-order valence-electron chi connectivity index (χ2n) is 4.37. The lowest BCUT2D eigenvalue weighted by molar-refractivity contribution is -0.0347. The van der Waals surface area contributed by atoms with Crippen LogP contribution in [0.25, 0.3) is 0 Å². The van der Waals surface area contributed by atoms with Crippen molar-refractivity contribution in [2.45, 2.75) is 13.0 Å². The number of hydrogen-bond acceptors (Lipinski definition) is 6. The Labute approximate surface area is 124 Å². The van der Waals surface area contributed by atoms with E-state index in [9.17, 15) is 4.79 Å². The summed E-state index contributed by atoms with van der Waals surface area (Å²) in [5, 5.41) is 7.72. The van der Waals surface area contributed by atoms with Crippen LogP contribution in [0.15, 0.2) is 16.5 Å². The minimum absolute atomic E-state index is 0.0496. The van der Waals surface area contributed by atoms with Crippen LogP contribution in [0.5, 0.6) is 0 Å². The van der Waals surface area contributed by atoms with Crippen LogP contribution < -0.4 is 0 Å². The molecule has 3 heterocycles. The fraction of sp³-hybridized carbons (Fsp3) is 0.417. The molecule has 1 aliphatic heterocycles. The van der Waals surface area contributed by atoms with Crippen LogP contribution in [-0.4, -0.2) is 40.7 Å². The number of nitrogens with zero attached hydrogens (tertiary/aromatic N) is 3. The van der Waals surface area contributed by atoms with Gasteiger partial charge in [0.15, 0.2) is 6.10 Å². The van der Waals surface area contributed by atoms with Gasteiger partial charge in [-0.05, 0) is 12.1 Å². The van der Waals surface area contributed by atoms with Crippen molar-refractivity contribution in [3.8, 4) is 0 Å². The highest BCUT2D eigenvalue weighted by Gasteiger charge is 2.29. The summed E-state index contributed by atoms with van der Waals surface area (Å²) in [4.78, 5) is 14.7. The van der Waals surface area contributed by atoms with Gasteiger partial charge in [-0.1, -0.05) is 11.6 Å². The minimum atomic E-state index is -0.371. The molecule has 8 heteroatoms. The van der Waals surface area contributed by atoms with Crippen molar-refractivity contribution in [2.75, 3.05) is 19.7 Å². The number of carbonyl (C=O) groups is 1. The van der Waals surface area contributed by atoms with Crippen molar-refractivity contribution in [1.29, 1.82) is 0 Å². The molecule has 3 rings (SSSR count). The van der Waals surface area contributed by atoms with E-state index in [0.717, 1.165) is 0 Å². The highest BCUT2D eigenvalue weighted by molar-refractivity contribution is 7.17. The molecule has 2 aromatic heterocycles. The van der Waals surface area contributed by atoms with Crippen molar-refractivity contribution >= 4 is 28.8 Å². The fourth-order valence-electron chi connectivity index (χ4n) is 2.01. The topological polar surface area (TPSA) is 68.5 Å². The van der Waals surface area contributed by atoms with Crippen molar-refractivity contribution < 1.29 is 13.9 Å². The maximum Gasteiger partial charge on any atom is 0.264 e. The zero-order valence-corrected chi connectivity index (χ0v) is 12.3. The van der Waals surface area contributed by atoms with E-state index in [4.69, 9.17) is 20.8 Å². The number of hydrogen-bond donors (Lipinski definition) is 0. The van der Waals surface area contributed by atoms with Gasteiger partial charge in [-0.15, -0.1) is 21.5 Å². The van der Waals surface area contributed by atoms with Crippen LogP contribution in [0.1, 0.15) is 27.6 Å². The molecule has 1 amide bonds. The van der Waals surface area contributed by atoms with Crippen molar-refractivity contribution in [3.63, 3.8) is 0 Å². The first-order valence-electron chi connectivity index (χ1n) is 6.09. The molecule has 0 saturated carbocycles. The molecule has 2 aromatic rings. The summed E-state index contributed by atoms with van der Waals surface area (Å²) < 4.78 is 11.5. The quantitative estimate of drug-likeness (QED) is 0.851. The molecule has 1 unspecified atom stereocenters. The van der Waals surface area contributed by atoms with E-state index in [1.807, 2.05) is 0 Å². The second-order valence-corrected chi connectivity index (χ2v) is 6.09. The zero-order valence-electron chi connectivity index (χ0n) is 10.7. The molecular weight excluding hydrogens is 302 g/mol. The van der Waals surface area contributed by atoms with Crippen LogP contribution in [0.2, 0.25) is 4.34 Å². The highest BCUT2D eigenvalue weighted by Crippen LogP contribution is 2.26. The molecule has 0 aliphatic carbocycles. The largest absolute Gasteiger partial charge is 0.423 e. The van der Waals surface area contributed by atoms with Gasteiger partial charge in [0, 0.05) is 13.5 Å². The number of amides is 1. The molecule has 1 atom stereocenters. The van der Waals surface area contributed by atoms with Crippen LogP contribution in [0.3, 0.4) is 0 Å². The molecule has 1 aliphatic rings. The first kappa shape index (κ1) is 13.5. The van der Waals surface area contributed by atoms with Crippen LogP contribution >= 0.6 is 22.9 Å². The summed E-state index contributed by atoms with van der Waals surface area (Å²) in [6.07, 6.45) is -0.371. The average molecular weight is 314 g/mol. The number of halogens is 1. The second kappa shape index (κ2) is 5.51. The smallest absolute Gasteiger partial charge is 0.264 e. The lowest BCUT2D eigenvalue weighted by Gasteiger charge is -2.30. The number of aryl methyl sites for hydroxylation is 1. The number of morpholine rings is 1. The molecule has 1 fully saturated rings. The summed E-state index contributed by atoms with van der Waals surface area (Å²) in [6, 6.07) is 3.45. The van der Waals surface area contributed by atoms with Gasteiger partial charge in [0.1, 0.15) is 0 Å². The van der Waals surface area contributed by atoms with E-state index < -0.39 is 0 Å². The molecule has 20 heavy (non-hydrogen) atoms. The number of aromatic nitrogens is 2. The lowest BCUT2D eigenvalue weighted by Crippen LogP contribution is -2.42. The van der Waals surface area contributed by atoms with E-state index in [1.54, 1.807) is 24.0 Å². The van der Waals surface area contributed by atoms with Gasteiger partial charge < -0.3 is 14.1 Å². The molecule has 0 spiro atoms.